The molecule has 0 radical (unpaired) electrons. The quantitative estimate of drug-likeness (QED) is 0.564. The summed E-state index contributed by atoms with van der Waals surface area (Å²) >= 11 is 17.4. The molecule has 3 aromatic rings. The number of hydrogen-bond acceptors (Lipinski definition) is 2. The minimum absolute atomic E-state index is 0.680. The van der Waals surface area contributed by atoms with E-state index in [0.717, 1.165) is 26.2 Å². The maximum atomic E-state index is 6.16. The molecule has 1 aromatic heterocycles. The van der Waals surface area contributed by atoms with Gasteiger partial charge in [-0.15, -0.1) is 0 Å². The number of halogens is 3. The number of benzene rings is 2. The standard InChI is InChI=1S/C14H9BrCl2N2S/c15-8-4-5-12-13(6-8)19-14(18-12)20-7-9-10(16)2-1-3-11(9)17/h1-6H,7H2,(H,18,19). The number of rotatable bonds is 3. The van der Waals surface area contributed by atoms with Crippen molar-refractivity contribution < 1.29 is 0 Å². The topological polar surface area (TPSA) is 28.7 Å². The maximum absolute atomic E-state index is 6.16. The second-order valence-electron chi connectivity index (χ2n) is 4.19. The Morgan fingerprint density at radius 1 is 1.15 bits per heavy atom. The molecule has 0 bridgehead atoms. The van der Waals surface area contributed by atoms with E-state index >= 15 is 0 Å². The van der Waals surface area contributed by atoms with Crippen molar-refractivity contribution in [2.45, 2.75) is 10.9 Å². The molecule has 0 saturated carbocycles. The molecule has 3 rings (SSSR count). The maximum Gasteiger partial charge on any atom is 0.166 e. The number of imidazole rings is 1. The van der Waals surface area contributed by atoms with Crippen molar-refractivity contribution in [3.63, 3.8) is 0 Å². The zero-order valence-electron chi connectivity index (χ0n) is 10.2. The highest BCUT2D eigenvalue weighted by Crippen LogP contribution is 2.31. The van der Waals surface area contributed by atoms with Crippen molar-refractivity contribution in [1.82, 2.24) is 9.97 Å². The summed E-state index contributed by atoms with van der Waals surface area (Å²) in [4.78, 5) is 7.81. The van der Waals surface area contributed by atoms with Crippen LogP contribution in [0.25, 0.3) is 11.0 Å². The molecule has 0 amide bonds. The third kappa shape index (κ3) is 2.98. The Morgan fingerprint density at radius 2 is 1.90 bits per heavy atom. The largest absolute Gasteiger partial charge is 0.333 e. The van der Waals surface area contributed by atoms with Gasteiger partial charge < -0.3 is 4.98 Å². The fourth-order valence-electron chi connectivity index (χ4n) is 1.84. The molecule has 0 aliphatic rings. The lowest BCUT2D eigenvalue weighted by atomic mass is 10.2. The Balaban J connectivity index is 1.83. The summed E-state index contributed by atoms with van der Waals surface area (Å²) in [7, 11) is 0. The Bertz CT molecular complexity index is 753. The van der Waals surface area contributed by atoms with Gasteiger partial charge in [0, 0.05) is 20.3 Å². The lowest BCUT2D eigenvalue weighted by Crippen LogP contribution is -1.85. The molecular formula is C14H9BrCl2N2S. The summed E-state index contributed by atoms with van der Waals surface area (Å²) in [6.07, 6.45) is 0. The van der Waals surface area contributed by atoms with E-state index < -0.39 is 0 Å². The number of nitrogens with zero attached hydrogens (tertiary/aromatic N) is 1. The minimum atomic E-state index is 0.680. The summed E-state index contributed by atoms with van der Waals surface area (Å²) in [6, 6.07) is 11.5. The zero-order valence-corrected chi connectivity index (χ0v) is 14.1. The van der Waals surface area contributed by atoms with E-state index in [1.807, 2.05) is 36.4 Å². The van der Waals surface area contributed by atoms with Crippen LogP contribution in [0.2, 0.25) is 10.0 Å². The fraction of sp³-hybridized carbons (Fsp3) is 0.0714. The molecule has 0 fully saturated rings. The predicted molar refractivity (Wildman–Crippen MR) is 89.8 cm³/mol. The van der Waals surface area contributed by atoms with E-state index in [0.29, 0.717) is 15.8 Å². The van der Waals surface area contributed by atoms with Gasteiger partial charge in [-0.05, 0) is 35.9 Å². The van der Waals surface area contributed by atoms with Crippen LogP contribution in [-0.2, 0) is 5.75 Å². The van der Waals surface area contributed by atoms with Crippen molar-refractivity contribution in [1.29, 1.82) is 0 Å². The van der Waals surface area contributed by atoms with Gasteiger partial charge in [-0.3, -0.25) is 0 Å². The van der Waals surface area contributed by atoms with Gasteiger partial charge in [0.2, 0.25) is 0 Å². The molecule has 6 heteroatoms. The SMILES string of the molecule is Clc1cccc(Cl)c1CSc1nc2ccc(Br)cc2[nH]1. The van der Waals surface area contributed by atoms with E-state index in [1.165, 1.54) is 0 Å². The number of aromatic nitrogens is 2. The van der Waals surface area contributed by atoms with Crippen LogP contribution in [0.1, 0.15) is 5.56 Å². The Hall–Kier alpha value is -0.680. The first kappa shape index (κ1) is 14.3. The molecule has 102 valence electrons. The first-order chi connectivity index (χ1) is 9.63. The molecule has 2 nitrogen and oxygen atoms in total. The van der Waals surface area contributed by atoms with Crippen LogP contribution in [0.4, 0.5) is 0 Å². The monoisotopic (exact) mass is 386 g/mol. The van der Waals surface area contributed by atoms with Gasteiger partial charge in [-0.1, -0.05) is 57.0 Å². The highest BCUT2D eigenvalue weighted by molar-refractivity contribution is 9.10. The summed E-state index contributed by atoms with van der Waals surface area (Å²) in [5.41, 5.74) is 2.88. The molecule has 20 heavy (non-hydrogen) atoms. The van der Waals surface area contributed by atoms with Crippen LogP contribution in [0, 0.1) is 0 Å². The van der Waals surface area contributed by atoms with E-state index in [4.69, 9.17) is 23.2 Å². The van der Waals surface area contributed by atoms with Gasteiger partial charge in [-0.25, -0.2) is 4.98 Å². The molecule has 0 aliphatic heterocycles. The van der Waals surface area contributed by atoms with Gasteiger partial charge in [0.25, 0.3) is 0 Å². The minimum Gasteiger partial charge on any atom is -0.333 e. The van der Waals surface area contributed by atoms with E-state index in [-0.39, 0.29) is 0 Å². The summed E-state index contributed by atoms with van der Waals surface area (Å²) < 4.78 is 1.03. The van der Waals surface area contributed by atoms with Gasteiger partial charge in [0.1, 0.15) is 0 Å². The van der Waals surface area contributed by atoms with Crippen LogP contribution in [0.15, 0.2) is 46.0 Å². The van der Waals surface area contributed by atoms with Crippen LogP contribution in [0.3, 0.4) is 0 Å². The summed E-state index contributed by atoms with van der Waals surface area (Å²) in [5, 5.41) is 2.22. The summed E-state index contributed by atoms with van der Waals surface area (Å²) in [5.74, 6) is 0.680. The van der Waals surface area contributed by atoms with Gasteiger partial charge in [0.05, 0.1) is 11.0 Å². The number of nitrogens with one attached hydrogen (secondary N) is 1. The van der Waals surface area contributed by atoms with Gasteiger partial charge in [-0.2, -0.15) is 0 Å². The second kappa shape index (κ2) is 5.98. The Morgan fingerprint density at radius 3 is 2.65 bits per heavy atom. The molecule has 1 heterocycles. The molecule has 0 unspecified atom stereocenters. The summed E-state index contributed by atoms with van der Waals surface area (Å²) in [6.45, 7) is 0. The molecule has 1 N–H and O–H groups in total. The van der Waals surface area contributed by atoms with E-state index in [2.05, 4.69) is 25.9 Å². The number of thioether (sulfide) groups is 1. The van der Waals surface area contributed by atoms with Gasteiger partial charge in [0.15, 0.2) is 5.16 Å². The van der Waals surface area contributed by atoms with Crippen molar-refractivity contribution in [3.05, 3.63) is 56.5 Å². The third-order valence-electron chi connectivity index (χ3n) is 2.84. The van der Waals surface area contributed by atoms with Crippen LogP contribution in [-0.4, -0.2) is 9.97 Å². The number of hydrogen-bond donors (Lipinski definition) is 1. The molecule has 0 saturated heterocycles. The smallest absolute Gasteiger partial charge is 0.166 e. The lowest BCUT2D eigenvalue weighted by Gasteiger charge is -2.04. The molecule has 0 spiro atoms. The third-order valence-corrected chi connectivity index (χ3v) is 4.94. The van der Waals surface area contributed by atoms with Crippen molar-refractivity contribution >= 4 is 61.9 Å². The van der Waals surface area contributed by atoms with Gasteiger partial charge >= 0.3 is 0 Å². The lowest BCUT2D eigenvalue weighted by molar-refractivity contribution is 1.08. The average molecular weight is 388 g/mol. The van der Waals surface area contributed by atoms with Crippen LogP contribution in [0.5, 0.6) is 0 Å². The normalized spacial score (nSPS) is 11.2. The number of fused-ring (bicyclic) bond motifs is 1. The van der Waals surface area contributed by atoms with Crippen molar-refractivity contribution in [2.24, 2.45) is 0 Å². The molecular weight excluding hydrogens is 379 g/mol. The van der Waals surface area contributed by atoms with Crippen LogP contribution >= 0.6 is 50.9 Å². The first-order valence-electron chi connectivity index (χ1n) is 5.84. The highest BCUT2D eigenvalue weighted by atomic mass is 79.9. The molecule has 0 aliphatic carbocycles. The molecule has 0 atom stereocenters. The van der Waals surface area contributed by atoms with Crippen LogP contribution < -0.4 is 0 Å². The number of H-pyrrole nitrogens is 1. The second-order valence-corrected chi connectivity index (χ2v) is 6.89. The number of aromatic amines is 1. The Labute approximate surface area is 139 Å². The van der Waals surface area contributed by atoms with E-state index in [1.54, 1.807) is 11.8 Å². The fourth-order valence-corrected chi connectivity index (χ4v) is 3.83. The Kier molecular flexibility index (Phi) is 4.26. The average Bonchev–Trinajstić information content (AvgIpc) is 2.80. The zero-order chi connectivity index (χ0) is 14.1. The van der Waals surface area contributed by atoms with Crippen molar-refractivity contribution in [2.75, 3.05) is 0 Å². The highest BCUT2D eigenvalue weighted by Gasteiger charge is 2.08. The van der Waals surface area contributed by atoms with Crippen molar-refractivity contribution in [3.8, 4) is 0 Å². The first-order valence-corrected chi connectivity index (χ1v) is 8.38. The van der Waals surface area contributed by atoms with E-state index in [9.17, 15) is 0 Å². The predicted octanol–water partition coefficient (Wildman–Crippen LogP) is 5.92. The molecule has 2 aromatic carbocycles.